The van der Waals surface area contributed by atoms with Crippen LogP contribution >= 0.6 is 23.2 Å². The number of rotatable bonds is 2. The first-order chi connectivity index (χ1) is 8.49. The molecule has 0 bridgehead atoms. The van der Waals surface area contributed by atoms with E-state index >= 15 is 0 Å². The normalized spacial score (nSPS) is 12.5. The van der Waals surface area contributed by atoms with E-state index in [1.165, 1.54) is 24.3 Å². The molecule has 0 aliphatic carbocycles. The molecule has 0 saturated heterocycles. The average molecular weight is 289 g/mol. The van der Waals surface area contributed by atoms with Crippen molar-refractivity contribution in [3.8, 4) is 0 Å². The third kappa shape index (κ3) is 2.64. The maximum Gasteiger partial charge on any atom is 0.142 e. The van der Waals surface area contributed by atoms with Gasteiger partial charge in [0.1, 0.15) is 17.7 Å². The van der Waals surface area contributed by atoms with Crippen LogP contribution in [0.3, 0.4) is 0 Å². The lowest BCUT2D eigenvalue weighted by atomic mass is 10.0. The van der Waals surface area contributed by atoms with Crippen LogP contribution in [0.2, 0.25) is 10.0 Å². The maximum atomic E-state index is 13.6. The second-order valence-corrected chi connectivity index (χ2v) is 4.59. The van der Waals surface area contributed by atoms with Gasteiger partial charge in [-0.2, -0.15) is 0 Å². The van der Waals surface area contributed by atoms with Crippen molar-refractivity contribution in [3.63, 3.8) is 0 Å². The number of aliphatic hydroxyl groups is 1. The molecule has 0 radical (unpaired) electrons. The minimum atomic E-state index is -1.27. The summed E-state index contributed by atoms with van der Waals surface area (Å²) in [5.74, 6) is -1.31. The topological polar surface area (TPSA) is 20.2 Å². The van der Waals surface area contributed by atoms with Crippen molar-refractivity contribution >= 4 is 23.2 Å². The van der Waals surface area contributed by atoms with E-state index in [0.717, 1.165) is 12.1 Å². The fourth-order valence-electron chi connectivity index (χ4n) is 1.59. The molecule has 5 heteroatoms. The molecular formula is C13H8Cl2F2O. The monoisotopic (exact) mass is 288 g/mol. The van der Waals surface area contributed by atoms with Gasteiger partial charge < -0.3 is 5.11 Å². The summed E-state index contributed by atoms with van der Waals surface area (Å²) in [7, 11) is 0. The minimum absolute atomic E-state index is 0.0288. The zero-order valence-electron chi connectivity index (χ0n) is 9.00. The van der Waals surface area contributed by atoms with E-state index in [2.05, 4.69) is 0 Å². The zero-order chi connectivity index (χ0) is 13.3. The number of benzene rings is 2. The first kappa shape index (κ1) is 13.3. The summed E-state index contributed by atoms with van der Waals surface area (Å²) in [6.45, 7) is 0. The molecule has 0 aromatic heterocycles. The first-order valence-corrected chi connectivity index (χ1v) is 5.82. The highest BCUT2D eigenvalue weighted by atomic mass is 35.5. The molecule has 1 atom stereocenters. The summed E-state index contributed by atoms with van der Waals surface area (Å²) < 4.78 is 26.9. The van der Waals surface area contributed by atoms with Crippen molar-refractivity contribution in [2.45, 2.75) is 6.10 Å². The Kier molecular flexibility index (Phi) is 3.85. The van der Waals surface area contributed by atoms with Gasteiger partial charge in [-0.1, -0.05) is 35.3 Å². The maximum absolute atomic E-state index is 13.6. The van der Waals surface area contributed by atoms with Crippen molar-refractivity contribution in [2.24, 2.45) is 0 Å². The highest BCUT2D eigenvalue weighted by molar-refractivity contribution is 6.30. The van der Waals surface area contributed by atoms with E-state index in [1.807, 2.05) is 0 Å². The lowest BCUT2D eigenvalue weighted by molar-refractivity contribution is 0.214. The van der Waals surface area contributed by atoms with E-state index in [1.54, 1.807) is 0 Å². The molecule has 2 rings (SSSR count). The second-order valence-electron chi connectivity index (χ2n) is 3.74. The Bertz CT molecular complexity index is 587. The molecule has 18 heavy (non-hydrogen) atoms. The van der Waals surface area contributed by atoms with Crippen molar-refractivity contribution in [1.82, 2.24) is 0 Å². The van der Waals surface area contributed by atoms with E-state index in [9.17, 15) is 13.9 Å². The van der Waals surface area contributed by atoms with Gasteiger partial charge in [-0.05, 0) is 29.8 Å². The largest absolute Gasteiger partial charge is 0.384 e. The Morgan fingerprint density at radius 2 is 1.67 bits per heavy atom. The summed E-state index contributed by atoms with van der Waals surface area (Å²) in [5.41, 5.74) is 0.249. The van der Waals surface area contributed by atoms with Crippen molar-refractivity contribution in [2.75, 3.05) is 0 Å². The Hall–Kier alpha value is -1.16. The molecule has 2 aromatic carbocycles. The van der Waals surface area contributed by atoms with Gasteiger partial charge in [0.05, 0.1) is 5.02 Å². The molecule has 1 N–H and O–H groups in total. The lowest BCUT2D eigenvalue weighted by Gasteiger charge is -2.13. The van der Waals surface area contributed by atoms with Gasteiger partial charge in [-0.25, -0.2) is 8.78 Å². The fourth-order valence-corrected chi connectivity index (χ4v) is 1.86. The first-order valence-electron chi connectivity index (χ1n) is 5.07. The molecule has 2 aromatic rings. The van der Waals surface area contributed by atoms with Crippen LogP contribution in [0.15, 0.2) is 36.4 Å². The summed E-state index contributed by atoms with van der Waals surface area (Å²) in [5, 5.41) is 10.2. The van der Waals surface area contributed by atoms with Crippen molar-refractivity contribution in [1.29, 1.82) is 0 Å². The Labute approximate surface area is 113 Å². The van der Waals surface area contributed by atoms with Crippen molar-refractivity contribution < 1.29 is 13.9 Å². The number of halogens is 4. The van der Waals surface area contributed by atoms with E-state index in [-0.39, 0.29) is 21.2 Å². The SMILES string of the molecule is OC(c1ccc(Cl)c(F)c1)c1ccc(Cl)cc1F. The van der Waals surface area contributed by atoms with E-state index in [0.29, 0.717) is 0 Å². The second kappa shape index (κ2) is 5.22. The van der Waals surface area contributed by atoms with Crippen LogP contribution in [-0.2, 0) is 0 Å². The lowest BCUT2D eigenvalue weighted by Crippen LogP contribution is -2.03. The third-order valence-corrected chi connectivity index (χ3v) is 3.06. The zero-order valence-corrected chi connectivity index (χ0v) is 10.5. The molecule has 0 amide bonds. The smallest absolute Gasteiger partial charge is 0.142 e. The standard InChI is InChI=1S/C13H8Cl2F2O/c14-8-2-3-9(11(16)6-8)13(18)7-1-4-10(15)12(17)5-7/h1-6,13,18H. The average Bonchev–Trinajstić information content (AvgIpc) is 2.32. The van der Waals surface area contributed by atoms with Crippen LogP contribution in [-0.4, -0.2) is 5.11 Å². The van der Waals surface area contributed by atoms with Gasteiger partial charge in [0, 0.05) is 10.6 Å². The molecule has 94 valence electrons. The fraction of sp³-hybridized carbons (Fsp3) is 0.0769. The van der Waals surface area contributed by atoms with Gasteiger partial charge in [0.25, 0.3) is 0 Å². The highest BCUT2D eigenvalue weighted by Crippen LogP contribution is 2.28. The summed E-state index contributed by atoms with van der Waals surface area (Å²) in [6, 6.07) is 7.71. The molecular weight excluding hydrogens is 281 g/mol. The van der Waals surface area contributed by atoms with Crippen LogP contribution in [0.25, 0.3) is 0 Å². The van der Waals surface area contributed by atoms with Gasteiger partial charge in [-0.15, -0.1) is 0 Å². The Balaban J connectivity index is 2.41. The summed E-state index contributed by atoms with van der Waals surface area (Å²) >= 11 is 11.1. The predicted molar refractivity (Wildman–Crippen MR) is 66.9 cm³/mol. The number of aliphatic hydroxyl groups excluding tert-OH is 1. The van der Waals surface area contributed by atoms with Gasteiger partial charge in [0.15, 0.2) is 0 Å². The molecule has 1 unspecified atom stereocenters. The number of hydrogen-bond acceptors (Lipinski definition) is 1. The van der Waals surface area contributed by atoms with E-state index in [4.69, 9.17) is 23.2 Å². The Morgan fingerprint density at radius 3 is 2.28 bits per heavy atom. The van der Waals surface area contributed by atoms with Crippen LogP contribution in [0, 0.1) is 11.6 Å². The third-order valence-electron chi connectivity index (χ3n) is 2.52. The van der Waals surface area contributed by atoms with Crippen LogP contribution in [0.4, 0.5) is 8.78 Å². The van der Waals surface area contributed by atoms with Crippen LogP contribution in [0.1, 0.15) is 17.2 Å². The number of hydrogen-bond donors (Lipinski definition) is 1. The molecule has 1 nitrogen and oxygen atoms in total. The van der Waals surface area contributed by atoms with Gasteiger partial charge >= 0.3 is 0 Å². The summed E-state index contributed by atoms with van der Waals surface area (Å²) in [6.07, 6.45) is -1.27. The van der Waals surface area contributed by atoms with E-state index < -0.39 is 17.7 Å². The Morgan fingerprint density at radius 1 is 0.944 bits per heavy atom. The minimum Gasteiger partial charge on any atom is -0.384 e. The van der Waals surface area contributed by atoms with Gasteiger partial charge in [0.2, 0.25) is 0 Å². The summed E-state index contributed by atoms with van der Waals surface area (Å²) in [4.78, 5) is 0. The molecule has 0 fully saturated rings. The quantitative estimate of drug-likeness (QED) is 0.871. The van der Waals surface area contributed by atoms with Crippen LogP contribution in [0.5, 0.6) is 0 Å². The molecule has 0 aliphatic rings. The molecule has 0 spiro atoms. The molecule has 0 heterocycles. The highest BCUT2D eigenvalue weighted by Gasteiger charge is 2.16. The van der Waals surface area contributed by atoms with Crippen LogP contribution < -0.4 is 0 Å². The van der Waals surface area contributed by atoms with Crippen molar-refractivity contribution in [3.05, 3.63) is 69.2 Å². The van der Waals surface area contributed by atoms with Gasteiger partial charge in [-0.3, -0.25) is 0 Å². The molecule has 0 saturated carbocycles. The predicted octanol–water partition coefficient (Wildman–Crippen LogP) is 4.35. The molecule has 0 aliphatic heterocycles.